The van der Waals surface area contributed by atoms with Crippen LogP contribution in [0.1, 0.15) is 80.1 Å². The van der Waals surface area contributed by atoms with Crippen molar-refractivity contribution in [1.82, 2.24) is 4.90 Å². The van der Waals surface area contributed by atoms with Gasteiger partial charge in [-0.3, -0.25) is 0 Å². The summed E-state index contributed by atoms with van der Waals surface area (Å²) in [5.74, 6) is 2.12. The molecule has 110 valence electrons. The summed E-state index contributed by atoms with van der Waals surface area (Å²) >= 11 is 0. The first kappa shape index (κ1) is 18.0. The highest BCUT2D eigenvalue weighted by Gasteiger charge is 2.30. The van der Waals surface area contributed by atoms with Crippen LogP contribution in [0.2, 0.25) is 0 Å². The Morgan fingerprint density at radius 3 is 1.78 bits per heavy atom. The molecule has 0 N–H and O–H groups in total. The molecule has 1 aliphatic carbocycles. The lowest BCUT2D eigenvalue weighted by molar-refractivity contribution is 0.217. The van der Waals surface area contributed by atoms with Gasteiger partial charge < -0.3 is 4.90 Å². The second-order valence-corrected chi connectivity index (χ2v) is 5.54. The highest BCUT2D eigenvalue weighted by molar-refractivity contribution is 4.83. The molecule has 1 heterocycles. The predicted octanol–water partition coefficient (Wildman–Crippen LogP) is 5.35. The van der Waals surface area contributed by atoms with Gasteiger partial charge in [0.2, 0.25) is 0 Å². The molecule has 0 spiro atoms. The Balaban J connectivity index is 0.000000659. The van der Waals surface area contributed by atoms with Gasteiger partial charge in [0.05, 0.1) is 0 Å². The molecule has 1 saturated heterocycles. The monoisotopic (exact) mass is 255 g/mol. The average molecular weight is 255 g/mol. The van der Waals surface area contributed by atoms with Crippen LogP contribution in [0.3, 0.4) is 0 Å². The topological polar surface area (TPSA) is 3.24 Å². The molecule has 0 aromatic rings. The highest BCUT2D eigenvalue weighted by atomic mass is 15.2. The van der Waals surface area contributed by atoms with Gasteiger partial charge in [0, 0.05) is 12.6 Å². The van der Waals surface area contributed by atoms with Crippen molar-refractivity contribution in [3.8, 4) is 0 Å². The van der Waals surface area contributed by atoms with Crippen molar-refractivity contribution in [3.05, 3.63) is 0 Å². The molecule has 0 aromatic heterocycles. The molecule has 18 heavy (non-hydrogen) atoms. The average Bonchev–Trinajstić information content (AvgIpc) is 2.94. The fourth-order valence-electron chi connectivity index (χ4n) is 3.27. The van der Waals surface area contributed by atoms with Crippen LogP contribution in [0.15, 0.2) is 0 Å². The number of hydrogen-bond acceptors (Lipinski definition) is 1. The Hall–Kier alpha value is -0.0400. The van der Waals surface area contributed by atoms with Gasteiger partial charge in [0.1, 0.15) is 0 Å². The molecule has 2 aliphatic rings. The Labute approximate surface area is 116 Å². The third-order valence-corrected chi connectivity index (χ3v) is 4.30. The maximum absolute atomic E-state index is 2.67. The molecule has 0 radical (unpaired) electrons. The van der Waals surface area contributed by atoms with Gasteiger partial charge in [-0.25, -0.2) is 0 Å². The first-order chi connectivity index (χ1) is 8.77. The van der Waals surface area contributed by atoms with E-state index >= 15 is 0 Å². The smallest absolute Gasteiger partial charge is 0.00387 e. The lowest BCUT2D eigenvalue weighted by atomic mass is 9.80. The highest BCUT2D eigenvalue weighted by Crippen LogP contribution is 2.35. The van der Waals surface area contributed by atoms with Crippen molar-refractivity contribution in [1.29, 1.82) is 0 Å². The Bertz CT molecular complexity index is 170. The lowest BCUT2D eigenvalue weighted by Crippen LogP contribution is -2.29. The van der Waals surface area contributed by atoms with E-state index in [9.17, 15) is 0 Å². The van der Waals surface area contributed by atoms with Gasteiger partial charge in [-0.05, 0) is 38.6 Å². The second-order valence-electron chi connectivity index (χ2n) is 5.54. The van der Waals surface area contributed by atoms with Gasteiger partial charge in [0.25, 0.3) is 0 Å². The molecule has 1 heteroatoms. The third kappa shape index (κ3) is 5.73. The molecule has 0 bridgehead atoms. The van der Waals surface area contributed by atoms with Gasteiger partial charge in [-0.1, -0.05) is 59.8 Å². The summed E-state index contributed by atoms with van der Waals surface area (Å²) in [6.45, 7) is 15.4. The van der Waals surface area contributed by atoms with Gasteiger partial charge in [-0.15, -0.1) is 0 Å². The first-order valence-electron chi connectivity index (χ1n) is 8.51. The maximum Gasteiger partial charge on any atom is 0.00387 e. The number of hydrogen-bond donors (Lipinski definition) is 0. The number of rotatable bonds is 2. The molecule has 0 amide bonds. The molecule has 1 unspecified atom stereocenters. The zero-order valence-corrected chi connectivity index (χ0v) is 13.8. The lowest BCUT2D eigenvalue weighted by Gasteiger charge is -2.28. The molecule has 2 rings (SSSR count). The largest absolute Gasteiger partial charge is 0.301 e. The Morgan fingerprint density at radius 1 is 0.778 bits per heavy atom. The SMILES string of the molecule is CC.CC.CC(C)N1CCC(C2CCCCC2)C1. The standard InChI is InChI=1S/C13H25N.2C2H6/c1-11(2)14-9-8-13(10-14)12-6-4-3-5-7-12;2*1-2/h11-13H,3-10H2,1-2H3;2*1-2H3. The fourth-order valence-corrected chi connectivity index (χ4v) is 3.27. The summed E-state index contributed by atoms with van der Waals surface area (Å²) < 4.78 is 0. The van der Waals surface area contributed by atoms with E-state index in [0.717, 1.165) is 17.9 Å². The van der Waals surface area contributed by atoms with Crippen molar-refractivity contribution in [3.63, 3.8) is 0 Å². The van der Waals surface area contributed by atoms with E-state index in [-0.39, 0.29) is 0 Å². The van der Waals surface area contributed by atoms with Crippen LogP contribution in [-0.2, 0) is 0 Å². The number of nitrogens with zero attached hydrogens (tertiary/aromatic N) is 1. The molecular weight excluding hydrogens is 218 g/mol. The summed E-state index contributed by atoms with van der Waals surface area (Å²) in [5.41, 5.74) is 0. The summed E-state index contributed by atoms with van der Waals surface area (Å²) in [4.78, 5) is 2.67. The van der Waals surface area contributed by atoms with Crippen molar-refractivity contribution in [2.24, 2.45) is 11.8 Å². The van der Waals surface area contributed by atoms with E-state index in [0.29, 0.717) is 0 Å². The first-order valence-corrected chi connectivity index (χ1v) is 8.51. The van der Waals surface area contributed by atoms with Crippen LogP contribution in [0, 0.1) is 11.8 Å². The Morgan fingerprint density at radius 2 is 1.33 bits per heavy atom. The van der Waals surface area contributed by atoms with E-state index in [1.54, 1.807) is 0 Å². The van der Waals surface area contributed by atoms with Crippen LogP contribution in [-0.4, -0.2) is 24.0 Å². The van der Waals surface area contributed by atoms with Gasteiger partial charge in [-0.2, -0.15) is 0 Å². The predicted molar refractivity (Wildman–Crippen MR) is 84.1 cm³/mol. The summed E-state index contributed by atoms with van der Waals surface area (Å²) in [5, 5.41) is 0. The molecule has 1 aliphatic heterocycles. The quantitative estimate of drug-likeness (QED) is 0.643. The molecule has 1 saturated carbocycles. The summed E-state index contributed by atoms with van der Waals surface area (Å²) in [6.07, 6.45) is 9.03. The van der Waals surface area contributed by atoms with E-state index in [1.165, 1.54) is 51.6 Å². The zero-order valence-electron chi connectivity index (χ0n) is 13.8. The van der Waals surface area contributed by atoms with E-state index < -0.39 is 0 Å². The second kappa shape index (κ2) is 10.8. The molecule has 1 nitrogen and oxygen atoms in total. The van der Waals surface area contributed by atoms with Crippen molar-refractivity contribution in [2.75, 3.05) is 13.1 Å². The van der Waals surface area contributed by atoms with Gasteiger partial charge >= 0.3 is 0 Å². The van der Waals surface area contributed by atoms with Crippen molar-refractivity contribution < 1.29 is 0 Å². The molecular formula is C17H37N. The summed E-state index contributed by atoms with van der Waals surface area (Å²) in [7, 11) is 0. The minimum absolute atomic E-state index is 0.767. The Kier molecular flexibility index (Phi) is 10.8. The molecule has 2 fully saturated rings. The summed E-state index contributed by atoms with van der Waals surface area (Å²) in [6, 6.07) is 0.767. The van der Waals surface area contributed by atoms with Crippen LogP contribution in [0.25, 0.3) is 0 Å². The van der Waals surface area contributed by atoms with E-state index in [1.807, 2.05) is 27.7 Å². The van der Waals surface area contributed by atoms with E-state index in [2.05, 4.69) is 18.7 Å². The zero-order chi connectivity index (χ0) is 14.0. The van der Waals surface area contributed by atoms with E-state index in [4.69, 9.17) is 0 Å². The maximum atomic E-state index is 2.67. The van der Waals surface area contributed by atoms with Crippen LogP contribution in [0.5, 0.6) is 0 Å². The van der Waals surface area contributed by atoms with Crippen LogP contribution in [0.4, 0.5) is 0 Å². The van der Waals surface area contributed by atoms with Crippen molar-refractivity contribution >= 4 is 0 Å². The normalized spacial score (nSPS) is 25.2. The van der Waals surface area contributed by atoms with Crippen LogP contribution < -0.4 is 0 Å². The minimum atomic E-state index is 0.767. The number of likely N-dealkylation sites (tertiary alicyclic amines) is 1. The molecule has 0 aromatic carbocycles. The third-order valence-electron chi connectivity index (χ3n) is 4.30. The van der Waals surface area contributed by atoms with Crippen molar-refractivity contribution in [2.45, 2.75) is 86.1 Å². The fraction of sp³-hybridized carbons (Fsp3) is 1.00. The molecule has 1 atom stereocenters. The minimum Gasteiger partial charge on any atom is -0.301 e. The van der Waals surface area contributed by atoms with Gasteiger partial charge in [0.15, 0.2) is 0 Å². The van der Waals surface area contributed by atoms with Crippen LogP contribution >= 0.6 is 0 Å².